The first-order chi connectivity index (χ1) is 13.2. The van der Waals surface area contributed by atoms with E-state index in [-0.39, 0.29) is 23.7 Å². The van der Waals surface area contributed by atoms with E-state index in [9.17, 15) is 9.59 Å². The molecule has 5 heterocycles. The average molecular weight is 378 g/mol. The lowest BCUT2D eigenvalue weighted by molar-refractivity contribution is 0.0722. The van der Waals surface area contributed by atoms with Gasteiger partial charge in [-0.1, -0.05) is 17.3 Å². The van der Waals surface area contributed by atoms with Crippen molar-refractivity contribution in [2.45, 2.75) is 13.0 Å². The van der Waals surface area contributed by atoms with E-state index in [2.05, 4.69) is 10.1 Å². The second-order valence-electron chi connectivity index (χ2n) is 6.30. The van der Waals surface area contributed by atoms with E-state index in [1.807, 2.05) is 23.6 Å². The standard InChI is InChI=1S/C19H14N4O3S/c24-18-12-11-22(8-6-13(12)20-17-5-1-2-7-23(17)18)19(25)14-10-15(26-21-14)16-4-3-9-27-16/h1-5,7,9-10H,6,8,11H2. The maximum atomic E-state index is 12.8. The first-order valence-electron chi connectivity index (χ1n) is 8.50. The Labute approximate surface area is 157 Å². The van der Waals surface area contributed by atoms with Crippen LogP contribution in [0.4, 0.5) is 0 Å². The Balaban J connectivity index is 1.46. The van der Waals surface area contributed by atoms with Crippen LogP contribution in [0.3, 0.4) is 0 Å². The van der Waals surface area contributed by atoms with Crippen molar-refractivity contribution in [1.82, 2.24) is 19.4 Å². The number of thiophene rings is 1. The molecule has 1 amide bonds. The van der Waals surface area contributed by atoms with Crippen molar-refractivity contribution in [3.05, 3.63) is 75.3 Å². The largest absolute Gasteiger partial charge is 0.355 e. The van der Waals surface area contributed by atoms with Crippen LogP contribution in [-0.4, -0.2) is 31.9 Å². The first kappa shape index (κ1) is 16.0. The molecule has 1 aliphatic rings. The summed E-state index contributed by atoms with van der Waals surface area (Å²) < 4.78 is 6.82. The molecule has 0 spiro atoms. The molecule has 0 aliphatic carbocycles. The van der Waals surface area contributed by atoms with Gasteiger partial charge in [-0.05, 0) is 23.6 Å². The maximum absolute atomic E-state index is 12.8. The van der Waals surface area contributed by atoms with E-state index >= 15 is 0 Å². The predicted molar refractivity (Wildman–Crippen MR) is 99.7 cm³/mol. The lowest BCUT2D eigenvalue weighted by Crippen LogP contribution is -2.40. The number of carbonyl (C=O) groups excluding carboxylic acids is 1. The first-order valence-corrected chi connectivity index (χ1v) is 9.38. The summed E-state index contributed by atoms with van der Waals surface area (Å²) in [5, 5.41) is 5.85. The predicted octanol–water partition coefficient (Wildman–Crippen LogP) is 2.61. The van der Waals surface area contributed by atoms with Crippen LogP contribution in [0.2, 0.25) is 0 Å². The molecular weight excluding hydrogens is 364 g/mol. The zero-order valence-electron chi connectivity index (χ0n) is 14.2. The fourth-order valence-electron chi connectivity index (χ4n) is 3.29. The summed E-state index contributed by atoms with van der Waals surface area (Å²) in [5.41, 5.74) is 2.05. The third-order valence-electron chi connectivity index (χ3n) is 4.66. The van der Waals surface area contributed by atoms with Gasteiger partial charge in [-0.3, -0.25) is 14.0 Å². The summed E-state index contributed by atoms with van der Waals surface area (Å²) in [4.78, 5) is 32.7. The minimum atomic E-state index is -0.246. The lowest BCUT2D eigenvalue weighted by atomic mass is 10.1. The minimum Gasteiger partial charge on any atom is -0.355 e. The molecule has 134 valence electrons. The van der Waals surface area contributed by atoms with Gasteiger partial charge < -0.3 is 9.42 Å². The molecule has 0 fully saturated rings. The van der Waals surface area contributed by atoms with Crippen molar-refractivity contribution in [2.24, 2.45) is 0 Å². The highest BCUT2D eigenvalue weighted by atomic mass is 32.1. The van der Waals surface area contributed by atoms with Crippen molar-refractivity contribution < 1.29 is 9.32 Å². The van der Waals surface area contributed by atoms with Crippen LogP contribution in [0, 0.1) is 0 Å². The highest BCUT2D eigenvalue weighted by molar-refractivity contribution is 7.13. The van der Waals surface area contributed by atoms with Gasteiger partial charge in [-0.2, -0.15) is 0 Å². The van der Waals surface area contributed by atoms with Crippen LogP contribution in [0.1, 0.15) is 21.7 Å². The normalized spacial score (nSPS) is 13.7. The third-order valence-corrected chi connectivity index (χ3v) is 5.55. The fraction of sp³-hybridized carbons (Fsp3) is 0.158. The van der Waals surface area contributed by atoms with E-state index in [1.54, 1.807) is 29.3 Å². The summed E-state index contributed by atoms with van der Waals surface area (Å²) in [6.45, 7) is 0.710. The summed E-state index contributed by atoms with van der Waals surface area (Å²) >= 11 is 1.52. The van der Waals surface area contributed by atoms with Crippen LogP contribution in [0.25, 0.3) is 16.3 Å². The van der Waals surface area contributed by atoms with Crippen LogP contribution >= 0.6 is 11.3 Å². The molecule has 0 radical (unpaired) electrons. The molecule has 4 aromatic heterocycles. The summed E-state index contributed by atoms with van der Waals surface area (Å²) in [6.07, 6.45) is 2.23. The number of hydrogen-bond acceptors (Lipinski definition) is 6. The van der Waals surface area contributed by atoms with Crippen LogP contribution in [0.5, 0.6) is 0 Å². The molecular formula is C19H14N4O3S. The number of nitrogens with zero attached hydrogens (tertiary/aromatic N) is 4. The molecule has 0 saturated heterocycles. The number of amides is 1. The smallest absolute Gasteiger partial charge is 0.276 e. The fourth-order valence-corrected chi connectivity index (χ4v) is 3.97. The number of aromatic nitrogens is 3. The zero-order chi connectivity index (χ0) is 18.4. The molecule has 0 saturated carbocycles. The Morgan fingerprint density at radius 2 is 2.15 bits per heavy atom. The highest BCUT2D eigenvalue weighted by Crippen LogP contribution is 2.26. The van der Waals surface area contributed by atoms with E-state index < -0.39 is 0 Å². The molecule has 0 N–H and O–H groups in total. The molecule has 0 bridgehead atoms. The van der Waals surface area contributed by atoms with Crippen LogP contribution < -0.4 is 5.56 Å². The van der Waals surface area contributed by atoms with Gasteiger partial charge in [0.15, 0.2) is 11.5 Å². The molecule has 0 aromatic carbocycles. The molecule has 1 aliphatic heterocycles. The molecule has 0 atom stereocenters. The van der Waals surface area contributed by atoms with Crippen molar-refractivity contribution in [1.29, 1.82) is 0 Å². The van der Waals surface area contributed by atoms with E-state index in [0.717, 1.165) is 10.6 Å². The number of rotatable bonds is 2. The van der Waals surface area contributed by atoms with Gasteiger partial charge in [-0.25, -0.2) is 4.98 Å². The van der Waals surface area contributed by atoms with Crippen molar-refractivity contribution in [3.8, 4) is 10.6 Å². The maximum Gasteiger partial charge on any atom is 0.276 e. The molecule has 0 unspecified atom stereocenters. The summed E-state index contributed by atoms with van der Waals surface area (Å²) in [5.74, 6) is 0.322. The van der Waals surface area contributed by atoms with Crippen molar-refractivity contribution in [2.75, 3.05) is 6.54 Å². The Hall–Kier alpha value is -3.26. The topological polar surface area (TPSA) is 80.7 Å². The van der Waals surface area contributed by atoms with Gasteiger partial charge in [0.05, 0.1) is 22.7 Å². The number of carbonyl (C=O) groups is 1. The van der Waals surface area contributed by atoms with Gasteiger partial charge in [-0.15, -0.1) is 11.3 Å². The Kier molecular flexibility index (Phi) is 3.64. The molecule has 5 rings (SSSR count). The summed E-state index contributed by atoms with van der Waals surface area (Å²) in [6, 6.07) is 10.9. The average Bonchev–Trinajstić information content (AvgIpc) is 3.39. The van der Waals surface area contributed by atoms with Crippen LogP contribution in [0.15, 0.2) is 57.3 Å². The van der Waals surface area contributed by atoms with E-state index in [1.165, 1.54) is 15.7 Å². The minimum absolute atomic E-state index is 0.132. The Morgan fingerprint density at radius 3 is 3.00 bits per heavy atom. The third kappa shape index (κ3) is 2.65. The van der Waals surface area contributed by atoms with Crippen LogP contribution in [-0.2, 0) is 13.0 Å². The number of pyridine rings is 1. The lowest BCUT2D eigenvalue weighted by Gasteiger charge is -2.27. The molecule has 8 heteroatoms. The zero-order valence-corrected chi connectivity index (χ0v) is 15.0. The van der Waals surface area contributed by atoms with Crippen molar-refractivity contribution >= 4 is 22.9 Å². The Bertz CT molecular complexity index is 1210. The number of fused-ring (bicyclic) bond motifs is 2. The molecule has 7 nitrogen and oxygen atoms in total. The van der Waals surface area contributed by atoms with Gasteiger partial charge in [0, 0.05) is 25.2 Å². The van der Waals surface area contributed by atoms with Gasteiger partial charge in [0.25, 0.3) is 11.5 Å². The number of hydrogen-bond donors (Lipinski definition) is 0. The quantitative estimate of drug-likeness (QED) is 0.536. The molecule has 4 aromatic rings. The molecule has 27 heavy (non-hydrogen) atoms. The second kappa shape index (κ2) is 6.17. The van der Waals surface area contributed by atoms with Gasteiger partial charge in [0.1, 0.15) is 5.65 Å². The summed E-state index contributed by atoms with van der Waals surface area (Å²) in [7, 11) is 0. The van der Waals surface area contributed by atoms with Crippen molar-refractivity contribution in [3.63, 3.8) is 0 Å². The van der Waals surface area contributed by atoms with E-state index in [4.69, 9.17) is 4.52 Å². The second-order valence-corrected chi connectivity index (χ2v) is 7.25. The highest BCUT2D eigenvalue weighted by Gasteiger charge is 2.27. The Morgan fingerprint density at radius 1 is 1.22 bits per heavy atom. The van der Waals surface area contributed by atoms with E-state index in [0.29, 0.717) is 29.9 Å². The monoisotopic (exact) mass is 378 g/mol. The van der Waals surface area contributed by atoms with Gasteiger partial charge >= 0.3 is 0 Å². The van der Waals surface area contributed by atoms with Gasteiger partial charge in [0.2, 0.25) is 0 Å². The SMILES string of the molecule is O=C(c1cc(-c2cccs2)on1)N1CCc2nc3ccccn3c(=O)c2C1.